The van der Waals surface area contributed by atoms with Crippen LogP contribution in [0.2, 0.25) is 0 Å². The molecule has 0 aliphatic carbocycles. The molecular formula is C15H16N2O2S. The van der Waals surface area contributed by atoms with Crippen molar-refractivity contribution in [2.75, 3.05) is 18.4 Å². The van der Waals surface area contributed by atoms with Gasteiger partial charge in [-0.05, 0) is 30.0 Å². The van der Waals surface area contributed by atoms with Crippen molar-refractivity contribution in [3.05, 3.63) is 46.7 Å². The lowest BCUT2D eigenvalue weighted by Crippen LogP contribution is -2.45. The summed E-state index contributed by atoms with van der Waals surface area (Å²) in [6, 6.07) is 11.8. The lowest BCUT2D eigenvalue weighted by molar-refractivity contribution is -0.127. The second-order valence-corrected chi connectivity index (χ2v) is 5.64. The second kappa shape index (κ2) is 5.96. The third kappa shape index (κ3) is 2.93. The van der Waals surface area contributed by atoms with E-state index in [0.29, 0.717) is 13.1 Å². The number of hydrogen-bond acceptors (Lipinski definition) is 4. The van der Waals surface area contributed by atoms with E-state index in [1.54, 1.807) is 11.3 Å². The Hall–Kier alpha value is -2.01. The van der Waals surface area contributed by atoms with E-state index in [1.807, 2.05) is 35.7 Å². The summed E-state index contributed by atoms with van der Waals surface area (Å²) < 4.78 is 5.71. The van der Waals surface area contributed by atoms with E-state index >= 15 is 0 Å². The molecule has 1 aromatic heterocycles. The van der Waals surface area contributed by atoms with Crippen molar-refractivity contribution < 1.29 is 9.53 Å². The predicted molar refractivity (Wildman–Crippen MR) is 80.4 cm³/mol. The van der Waals surface area contributed by atoms with Crippen LogP contribution in [0.3, 0.4) is 0 Å². The fourth-order valence-electron chi connectivity index (χ4n) is 2.14. The largest absolute Gasteiger partial charge is 0.477 e. The second-order valence-electron chi connectivity index (χ2n) is 4.60. The molecule has 1 aromatic carbocycles. The number of hydrogen-bond donors (Lipinski definition) is 2. The molecule has 2 N–H and O–H groups in total. The number of nitrogens with one attached hydrogen (secondary N) is 2. The predicted octanol–water partition coefficient (Wildman–Crippen LogP) is 2.28. The average molecular weight is 288 g/mol. The molecule has 1 amide bonds. The van der Waals surface area contributed by atoms with Crippen LogP contribution in [0.1, 0.15) is 4.88 Å². The van der Waals surface area contributed by atoms with Gasteiger partial charge in [-0.3, -0.25) is 4.79 Å². The van der Waals surface area contributed by atoms with Crippen LogP contribution in [0, 0.1) is 0 Å². The van der Waals surface area contributed by atoms with E-state index in [1.165, 1.54) is 4.88 Å². The molecule has 0 spiro atoms. The van der Waals surface area contributed by atoms with Gasteiger partial charge in [0, 0.05) is 11.4 Å². The Balaban J connectivity index is 1.51. The van der Waals surface area contributed by atoms with Crippen molar-refractivity contribution in [2.24, 2.45) is 0 Å². The molecule has 1 aliphatic heterocycles. The van der Waals surface area contributed by atoms with Crippen LogP contribution in [0.5, 0.6) is 5.75 Å². The summed E-state index contributed by atoms with van der Waals surface area (Å²) in [7, 11) is 0. The molecule has 3 rings (SSSR count). The van der Waals surface area contributed by atoms with E-state index in [4.69, 9.17) is 4.74 Å². The van der Waals surface area contributed by atoms with Gasteiger partial charge >= 0.3 is 0 Å². The van der Waals surface area contributed by atoms with Crippen LogP contribution in [0.15, 0.2) is 41.8 Å². The Bertz CT molecular complexity index is 583. The van der Waals surface area contributed by atoms with Crippen LogP contribution >= 0.6 is 11.3 Å². The summed E-state index contributed by atoms with van der Waals surface area (Å²) in [6.07, 6.45) is 0.397. The normalized spacial score (nSPS) is 16.7. The first-order chi connectivity index (χ1) is 9.83. The van der Waals surface area contributed by atoms with Gasteiger partial charge in [0.1, 0.15) is 5.75 Å². The smallest absolute Gasteiger partial charge is 0.262 e. The number of thiophene rings is 1. The van der Waals surface area contributed by atoms with Crippen LogP contribution in [0.25, 0.3) is 0 Å². The van der Waals surface area contributed by atoms with Crippen LogP contribution in [-0.4, -0.2) is 25.1 Å². The van der Waals surface area contributed by atoms with Crippen molar-refractivity contribution >= 4 is 22.9 Å². The molecule has 0 saturated heterocycles. The zero-order valence-electron chi connectivity index (χ0n) is 11.0. The summed E-state index contributed by atoms with van der Waals surface area (Å²) in [5, 5.41) is 8.18. The lowest BCUT2D eigenvalue weighted by atomic mass is 10.2. The van der Waals surface area contributed by atoms with Gasteiger partial charge in [-0.25, -0.2) is 0 Å². The summed E-state index contributed by atoms with van der Waals surface area (Å²) in [5.41, 5.74) is 0.940. The van der Waals surface area contributed by atoms with Gasteiger partial charge < -0.3 is 15.4 Å². The molecule has 0 saturated carbocycles. The molecule has 1 atom stereocenters. The molecule has 1 unspecified atom stereocenters. The Kier molecular flexibility index (Phi) is 3.87. The number of carbonyl (C=O) groups is 1. The first-order valence-electron chi connectivity index (χ1n) is 6.62. The number of rotatable bonds is 4. The number of anilines is 1. The highest BCUT2D eigenvalue weighted by molar-refractivity contribution is 7.09. The number of carbonyl (C=O) groups excluding carboxylic acids is 1. The molecule has 1 aliphatic rings. The average Bonchev–Trinajstić information content (AvgIpc) is 3.00. The zero-order valence-corrected chi connectivity index (χ0v) is 11.8. The number of fused-ring (bicyclic) bond motifs is 1. The highest BCUT2D eigenvalue weighted by Crippen LogP contribution is 2.28. The third-order valence-corrected chi connectivity index (χ3v) is 4.11. The van der Waals surface area contributed by atoms with Gasteiger partial charge in [0.25, 0.3) is 5.91 Å². The molecular weight excluding hydrogens is 272 g/mol. The summed E-state index contributed by atoms with van der Waals surface area (Å²) in [4.78, 5) is 13.3. The van der Waals surface area contributed by atoms with E-state index in [9.17, 15) is 4.79 Å². The standard InChI is InChI=1S/C15H16N2O2S/c18-15(16-8-7-11-4-3-9-20-11)14-10-17-12-5-1-2-6-13(12)19-14/h1-6,9,14,17H,7-8,10H2,(H,16,18). The zero-order chi connectivity index (χ0) is 13.8. The first-order valence-corrected chi connectivity index (χ1v) is 7.50. The summed E-state index contributed by atoms with van der Waals surface area (Å²) >= 11 is 1.71. The fraction of sp³-hybridized carbons (Fsp3) is 0.267. The van der Waals surface area contributed by atoms with Crippen molar-refractivity contribution in [1.82, 2.24) is 5.32 Å². The molecule has 0 radical (unpaired) electrons. The SMILES string of the molecule is O=C(NCCc1cccs1)C1CNc2ccccc2O1. The number of amides is 1. The molecule has 2 heterocycles. The topological polar surface area (TPSA) is 50.4 Å². The van der Waals surface area contributed by atoms with Crippen molar-refractivity contribution in [2.45, 2.75) is 12.5 Å². The van der Waals surface area contributed by atoms with Crippen LogP contribution in [-0.2, 0) is 11.2 Å². The van der Waals surface area contributed by atoms with E-state index in [2.05, 4.69) is 16.7 Å². The Morgan fingerprint density at radius 3 is 3.10 bits per heavy atom. The van der Waals surface area contributed by atoms with Crippen molar-refractivity contribution in [3.8, 4) is 5.75 Å². The quantitative estimate of drug-likeness (QED) is 0.907. The van der Waals surface area contributed by atoms with Crippen molar-refractivity contribution in [3.63, 3.8) is 0 Å². The molecule has 4 nitrogen and oxygen atoms in total. The Labute approximate surface area is 121 Å². The van der Waals surface area contributed by atoms with Gasteiger partial charge in [-0.2, -0.15) is 0 Å². The Morgan fingerprint density at radius 2 is 2.25 bits per heavy atom. The van der Waals surface area contributed by atoms with Gasteiger partial charge in [0.2, 0.25) is 0 Å². The minimum absolute atomic E-state index is 0.0661. The maximum absolute atomic E-state index is 12.1. The maximum atomic E-state index is 12.1. The van der Waals surface area contributed by atoms with E-state index < -0.39 is 6.10 Å². The highest BCUT2D eigenvalue weighted by atomic mass is 32.1. The lowest BCUT2D eigenvalue weighted by Gasteiger charge is -2.26. The minimum atomic E-state index is -0.465. The fourth-order valence-corrected chi connectivity index (χ4v) is 2.85. The van der Waals surface area contributed by atoms with Crippen LogP contribution in [0.4, 0.5) is 5.69 Å². The van der Waals surface area contributed by atoms with E-state index in [-0.39, 0.29) is 5.91 Å². The molecule has 104 valence electrons. The molecule has 20 heavy (non-hydrogen) atoms. The number of benzene rings is 1. The van der Waals surface area contributed by atoms with Gasteiger partial charge in [0.05, 0.1) is 12.2 Å². The third-order valence-electron chi connectivity index (χ3n) is 3.18. The van der Waals surface area contributed by atoms with Gasteiger partial charge in [0.15, 0.2) is 6.10 Å². The molecule has 0 fully saturated rings. The highest BCUT2D eigenvalue weighted by Gasteiger charge is 2.25. The van der Waals surface area contributed by atoms with Gasteiger partial charge in [-0.15, -0.1) is 11.3 Å². The molecule has 5 heteroatoms. The summed E-state index contributed by atoms with van der Waals surface area (Å²) in [5.74, 6) is 0.667. The first kappa shape index (κ1) is 13.0. The van der Waals surface area contributed by atoms with E-state index in [0.717, 1.165) is 17.9 Å². The number of para-hydroxylation sites is 2. The summed E-state index contributed by atoms with van der Waals surface area (Å²) in [6.45, 7) is 1.14. The minimum Gasteiger partial charge on any atom is -0.477 e. The monoisotopic (exact) mass is 288 g/mol. The van der Waals surface area contributed by atoms with Crippen molar-refractivity contribution in [1.29, 1.82) is 0 Å². The number of ether oxygens (including phenoxy) is 1. The molecule has 0 bridgehead atoms. The maximum Gasteiger partial charge on any atom is 0.262 e. The van der Waals surface area contributed by atoms with Gasteiger partial charge in [-0.1, -0.05) is 18.2 Å². The van der Waals surface area contributed by atoms with Crippen LogP contribution < -0.4 is 15.4 Å². The molecule has 2 aromatic rings. The Morgan fingerprint density at radius 1 is 1.35 bits per heavy atom.